The summed E-state index contributed by atoms with van der Waals surface area (Å²) in [6, 6.07) is 11.0. The molecule has 0 radical (unpaired) electrons. The number of hydrogen-bond donors (Lipinski definition) is 1. The summed E-state index contributed by atoms with van der Waals surface area (Å²) >= 11 is 0. The molecular weight excluding hydrogens is 202 g/mol. The lowest BCUT2D eigenvalue weighted by molar-refractivity contribution is 0.208. The molecule has 1 aromatic carbocycles. The summed E-state index contributed by atoms with van der Waals surface area (Å²) in [5.74, 6) is 0. The van der Waals surface area contributed by atoms with E-state index < -0.39 is 0 Å². The smallest absolute Gasteiger partial charge is 0.321 e. The fourth-order valence-corrected chi connectivity index (χ4v) is 1.20. The van der Waals surface area contributed by atoms with E-state index in [-0.39, 0.29) is 12.1 Å². The third-order valence-electron chi connectivity index (χ3n) is 2.39. The van der Waals surface area contributed by atoms with Gasteiger partial charge in [-0.15, -0.1) is 0 Å². The van der Waals surface area contributed by atoms with Gasteiger partial charge < -0.3 is 10.2 Å². The van der Waals surface area contributed by atoms with Crippen LogP contribution in [0.2, 0.25) is 0 Å². The van der Waals surface area contributed by atoms with E-state index in [1.165, 1.54) is 4.90 Å². The molecule has 0 saturated carbocycles. The van der Waals surface area contributed by atoms with E-state index in [0.717, 1.165) is 5.69 Å². The Morgan fingerprint density at radius 2 is 2.12 bits per heavy atom. The van der Waals surface area contributed by atoms with Crippen LogP contribution in [0.4, 0.5) is 10.5 Å². The van der Waals surface area contributed by atoms with Crippen molar-refractivity contribution in [1.82, 2.24) is 4.90 Å². The third-order valence-corrected chi connectivity index (χ3v) is 2.39. The first-order valence-corrected chi connectivity index (χ1v) is 5.11. The molecule has 1 aromatic rings. The Labute approximate surface area is 95.5 Å². The van der Waals surface area contributed by atoms with Crippen LogP contribution >= 0.6 is 0 Å². The lowest BCUT2D eigenvalue weighted by Gasteiger charge is -2.23. The maximum Gasteiger partial charge on any atom is 0.321 e. The molecular formula is C12H15N3O. The Hall–Kier alpha value is -2.02. The predicted molar refractivity (Wildman–Crippen MR) is 62.9 cm³/mol. The molecule has 0 aliphatic carbocycles. The monoisotopic (exact) mass is 217 g/mol. The number of carbonyl (C=O) groups excluding carboxylic acids is 1. The largest absolute Gasteiger partial charge is 0.324 e. The van der Waals surface area contributed by atoms with Crippen molar-refractivity contribution >= 4 is 11.7 Å². The SMILES string of the molecule is CC(CC#N)N(C)C(=O)Nc1ccccc1. The van der Waals surface area contributed by atoms with Crippen LogP contribution in [0.15, 0.2) is 30.3 Å². The number of amides is 2. The minimum Gasteiger partial charge on any atom is -0.324 e. The van der Waals surface area contributed by atoms with Crippen LogP contribution in [0.25, 0.3) is 0 Å². The number of benzene rings is 1. The number of nitrogens with zero attached hydrogens (tertiary/aromatic N) is 2. The summed E-state index contributed by atoms with van der Waals surface area (Å²) in [7, 11) is 1.68. The molecule has 4 nitrogen and oxygen atoms in total. The first-order valence-electron chi connectivity index (χ1n) is 5.11. The standard InChI is InChI=1S/C12H15N3O/c1-10(8-9-13)15(2)12(16)14-11-6-4-3-5-7-11/h3-7,10H,8H2,1-2H3,(H,14,16). The summed E-state index contributed by atoms with van der Waals surface area (Å²) in [4.78, 5) is 13.3. The van der Waals surface area contributed by atoms with Gasteiger partial charge in [-0.2, -0.15) is 5.26 Å². The van der Waals surface area contributed by atoms with E-state index in [1.54, 1.807) is 7.05 Å². The molecule has 1 N–H and O–H groups in total. The highest BCUT2D eigenvalue weighted by atomic mass is 16.2. The second kappa shape index (κ2) is 5.76. The molecule has 1 atom stereocenters. The van der Waals surface area contributed by atoms with Crippen LogP contribution in [-0.2, 0) is 0 Å². The molecule has 0 saturated heterocycles. The van der Waals surface area contributed by atoms with Gasteiger partial charge in [-0.25, -0.2) is 4.79 Å². The molecule has 0 aromatic heterocycles. The zero-order valence-electron chi connectivity index (χ0n) is 9.47. The molecule has 2 amide bonds. The van der Waals surface area contributed by atoms with Crippen molar-refractivity contribution < 1.29 is 4.79 Å². The quantitative estimate of drug-likeness (QED) is 0.845. The highest BCUT2D eigenvalue weighted by Crippen LogP contribution is 2.08. The van der Waals surface area contributed by atoms with Gasteiger partial charge in [-0.05, 0) is 19.1 Å². The predicted octanol–water partition coefficient (Wildman–Crippen LogP) is 2.45. The molecule has 0 fully saturated rings. The molecule has 0 bridgehead atoms. The van der Waals surface area contributed by atoms with Crippen LogP contribution in [0.1, 0.15) is 13.3 Å². The highest BCUT2D eigenvalue weighted by Gasteiger charge is 2.14. The molecule has 4 heteroatoms. The molecule has 0 aliphatic heterocycles. The first-order chi connectivity index (χ1) is 7.65. The van der Waals surface area contributed by atoms with Crippen molar-refractivity contribution in [1.29, 1.82) is 5.26 Å². The Morgan fingerprint density at radius 3 is 2.69 bits per heavy atom. The van der Waals surface area contributed by atoms with Crippen molar-refractivity contribution in [3.8, 4) is 6.07 Å². The van der Waals surface area contributed by atoms with Gasteiger partial charge in [0.2, 0.25) is 0 Å². The molecule has 84 valence electrons. The second-order valence-electron chi connectivity index (χ2n) is 3.62. The second-order valence-corrected chi connectivity index (χ2v) is 3.62. The number of anilines is 1. The van der Waals surface area contributed by atoms with Crippen molar-refractivity contribution in [3.05, 3.63) is 30.3 Å². The summed E-state index contributed by atoms with van der Waals surface area (Å²) in [5, 5.41) is 11.3. The molecule has 0 aliphatic rings. The number of rotatable bonds is 3. The molecule has 1 unspecified atom stereocenters. The van der Waals surface area contributed by atoms with Crippen LogP contribution in [0.3, 0.4) is 0 Å². The number of nitrogens with one attached hydrogen (secondary N) is 1. The van der Waals surface area contributed by atoms with E-state index in [2.05, 4.69) is 5.32 Å². The molecule has 0 heterocycles. The topological polar surface area (TPSA) is 56.1 Å². The average molecular weight is 217 g/mol. The highest BCUT2D eigenvalue weighted by molar-refractivity contribution is 5.89. The summed E-state index contributed by atoms with van der Waals surface area (Å²) in [5.41, 5.74) is 0.753. The maximum atomic E-state index is 11.7. The van der Waals surface area contributed by atoms with E-state index in [0.29, 0.717) is 6.42 Å². The molecule has 1 rings (SSSR count). The van der Waals surface area contributed by atoms with Gasteiger partial charge in [0.1, 0.15) is 0 Å². The van der Waals surface area contributed by atoms with Gasteiger partial charge in [-0.1, -0.05) is 18.2 Å². The van der Waals surface area contributed by atoms with E-state index in [4.69, 9.17) is 5.26 Å². The number of carbonyl (C=O) groups is 1. The normalized spacial score (nSPS) is 11.3. The molecule has 0 spiro atoms. The minimum absolute atomic E-state index is 0.0892. The Kier molecular flexibility index (Phi) is 4.34. The van der Waals surface area contributed by atoms with Crippen molar-refractivity contribution in [2.24, 2.45) is 0 Å². The Bertz CT molecular complexity index is 383. The van der Waals surface area contributed by atoms with Gasteiger partial charge in [0.05, 0.1) is 12.5 Å². The lowest BCUT2D eigenvalue weighted by Crippen LogP contribution is -2.38. The zero-order valence-corrected chi connectivity index (χ0v) is 9.47. The third kappa shape index (κ3) is 3.28. The van der Waals surface area contributed by atoms with Crippen molar-refractivity contribution in [2.75, 3.05) is 12.4 Å². The summed E-state index contributed by atoms with van der Waals surface area (Å²) < 4.78 is 0. The first kappa shape index (κ1) is 12.1. The lowest BCUT2D eigenvalue weighted by atomic mass is 10.2. The average Bonchev–Trinajstić information content (AvgIpc) is 2.29. The van der Waals surface area contributed by atoms with Crippen LogP contribution in [-0.4, -0.2) is 24.0 Å². The number of para-hydroxylation sites is 1. The zero-order chi connectivity index (χ0) is 12.0. The van der Waals surface area contributed by atoms with E-state index in [1.807, 2.05) is 43.3 Å². The van der Waals surface area contributed by atoms with Gasteiger partial charge >= 0.3 is 6.03 Å². The summed E-state index contributed by atoms with van der Waals surface area (Å²) in [6.07, 6.45) is 0.332. The van der Waals surface area contributed by atoms with Crippen molar-refractivity contribution in [3.63, 3.8) is 0 Å². The fourth-order valence-electron chi connectivity index (χ4n) is 1.20. The summed E-state index contributed by atoms with van der Waals surface area (Å²) in [6.45, 7) is 1.84. The minimum atomic E-state index is -0.200. The van der Waals surface area contributed by atoms with Crippen molar-refractivity contribution in [2.45, 2.75) is 19.4 Å². The Balaban J connectivity index is 2.56. The fraction of sp³-hybridized carbons (Fsp3) is 0.333. The van der Waals surface area contributed by atoms with Crippen LogP contribution < -0.4 is 5.32 Å². The van der Waals surface area contributed by atoms with E-state index in [9.17, 15) is 4.79 Å². The number of hydrogen-bond acceptors (Lipinski definition) is 2. The van der Waals surface area contributed by atoms with Gasteiger partial charge in [0, 0.05) is 18.8 Å². The Morgan fingerprint density at radius 1 is 1.50 bits per heavy atom. The van der Waals surface area contributed by atoms with E-state index >= 15 is 0 Å². The van der Waals surface area contributed by atoms with Crippen LogP contribution in [0.5, 0.6) is 0 Å². The van der Waals surface area contributed by atoms with Gasteiger partial charge in [-0.3, -0.25) is 0 Å². The number of urea groups is 1. The van der Waals surface area contributed by atoms with Gasteiger partial charge in [0.25, 0.3) is 0 Å². The van der Waals surface area contributed by atoms with Crippen LogP contribution in [0, 0.1) is 11.3 Å². The maximum absolute atomic E-state index is 11.7. The number of nitriles is 1. The molecule has 16 heavy (non-hydrogen) atoms. The van der Waals surface area contributed by atoms with Gasteiger partial charge in [0.15, 0.2) is 0 Å².